The van der Waals surface area contributed by atoms with Crippen LogP contribution in [0.4, 0.5) is 13.2 Å². The summed E-state index contributed by atoms with van der Waals surface area (Å²) >= 11 is 0. The summed E-state index contributed by atoms with van der Waals surface area (Å²) < 4.78 is 37.2. The molecule has 0 aromatic carbocycles. The maximum absolute atomic E-state index is 12.4. The SMILES string of the molecule is CCC1CCC(CN)(N(CC)CCC(F)(F)F)CC1. The van der Waals surface area contributed by atoms with Crippen molar-refractivity contribution in [2.75, 3.05) is 19.6 Å². The molecule has 1 fully saturated rings. The summed E-state index contributed by atoms with van der Waals surface area (Å²) in [6, 6.07) is 0. The van der Waals surface area contributed by atoms with Crippen LogP contribution in [0, 0.1) is 5.92 Å². The van der Waals surface area contributed by atoms with Crippen molar-refractivity contribution in [2.45, 2.75) is 64.1 Å². The van der Waals surface area contributed by atoms with Gasteiger partial charge in [0.15, 0.2) is 0 Å². The number of nitrogens with two attached hydrogens (primary N) is 1. The Morgan fingerprint density at radius 1 is 1.21 bits per heavy atom. The van der Waals surface area contributed by atoms with Crippen LogP contribution in [-0.4, -0.2) is 36.2 Å². The van der Waals surface area contributed by atoms with Gasteiger partial charge in [-0.05, 0) is 38.1 Å². The van der Waals surface area contributed by atoms with E-state index in [9.17, 15) is 13.2 Å². The van der Waals surface area contributed by atoms with E-state index in [4.69, 9.17) is 5.73 Å². The van der Waals surface area contributed by atoms with Gasteiger partial charge in [0.25, 0.3) is 0 Å². The average molecular weight is 280 g/mol. The van der Waals surface area contributed by atoms with Gasteiger partial charge >= 0.3 is 6.18 Å². The van der Waals surface area contributed by atoms with Gasteiger partial charge in [-0.25, -0.2) is 0 Å². The van der Waals surface area contributed by atoms with Crippen molar-refractivity contribution in [3.05, 3.63) is 0 Å². The molecule has 0 amide bonds. The van der Waals surface area contributed by atoms with Gasteiger partial charge in [0.1, 0.15) is 0 Å². The molecule has 0 aromatic rings. The molecule has 5 heteroatoms. The number of alkyl halides is 3. The van der Waals surface area contributed by atoms with Gasteiger partial charge in [-0.2, -0.15) is 13.2 Å². The first-order valence-electron chi connectivity index (χ1n) is 7.38. The fourth-order valence-corrected chi connectivity index (χ4v) is 3.27. The van der Waals surface area contributed by atoms with E-state index in [0.29, 0.717) is 13.1 Å². The van der Waals surface area contributed by atoms with Crippen molar-refractivity contribution < 1.29 is 13.2 Å². The number of likely N-dealkylation sites (N-methyl/N-ethyl adjacent to an activating group) is 1. The van der Waals surface area contributed by atoms with E-state index < -0.39 is 12.6 Å². The summed E-state index contributed by atoms with van der Waals surface area (Å²) in [6.45, 7) is 5.30. The van der Waals surface area contributed by atoms with Gasteiger partial charge in [0, 0.05) is 18.6 Å². The normalized spacial score (nSPS) is 28.9. The molecule has 1 aliphatic carbocycles. The molecule has 0 spiro atoms. The maximum atomic E-state index is 12.4. The zero-order valence-electron chi connectivity index (χ0n) is 12.1. The minimum absolute atomic E-state index is 0.0774. The van der Waals surface area contributed by atoms with Crippen LogP contribution in [-0.2, 0) is 0 Å². The van der Waals surface area contributed by atoms with Gasteiger partial charge in [0.2, 0.25) is 0 Å². The lowest BCUT2D eigenvalue weighted by Gasteiger charge is -2.47. The molecule has 114 valence electrons. The lowest BCUT2D eigenvalue weighted by Crippen LogP contribution is -2.56. The van der Waals surface area contributed by atoms with E-state index in [2.05, 4.69) is 6.92 Å². The molecular formula is C14H27F3N2. The minimum Gasteiger partial charge on any atom is -0.329 e. The van der Waals surface area contributed by atoms with Crippen LogP contribution >= 0.6 is 0 Å². The highest BCUT2D eigenvalue weighted by Gasteiger charge is 2.39. The first kappa shape index (κ1) is 16.8. The lowest BCUT2D eigenvalue weighted by molar-refractivity contribution is -0.142. The van der Waals surface area contributed by atoms with Crippen molar-refractivity contribution >= 4 is 0 Å². The molecule has 0 saturated heterocycles. The van der Waals surface area contributed by atoms with Crippen LogP contribution in [0.5, 0.6) is 0 Å². The number of hydrogen-bond acceptors (Lipinski definition) is 2. The Kier molecular flexibility index (Phi) is 6.12. The molecule has 1 aliphatic rings. The molecule has 0 radical (unpaired) electrons. The van der Waals surface area contributed by atoms with Crippen LogP contribution in [0.25, 0.3) is 0 Å². The Bertz CT molecular complexity index is 258. The molecule has 2 N–H and O–H groups in total. The van der Waals surface area contributed by atoms with Gasteiger partial charge in [-0.3, -0.25) is 4.90 Å². The number of nitrogens with zero attached hydrogens (tertiary/aromatic N) is 1. The van der Waals surface area contributed by atoms with E-state index in [1.165, 1.54) is 0 Å². The Morgan fingerprint density at radius 2 is 1.79 bits per heavy atom. The van der Waals surface area contributed by atoms with Crippen molar-refractivity contribution in [1.82, 2.24) is 4.90 Å². The second-order valence-corrected chi connectivity index (χ2v) is 5.72. The maximum Gasteiger partial charge on any atom is 0.390 e. The fraction of sp³-hybridized carbons (Fsp3) is 1.00. The molecule has 0 aromatic heterocycles. The number of halogens is 3. The largest absolute Gasteiger partial charge is 0.390 e. The molecule has 0 aliphatic heterocycles. The molecule has 0 heterocycles. The van der Waals surface area contributed by atoms with E-state index in [1.807, 2.05) is 11.8 Å². The lowest BCUT2D eigenvalue weighted by atomic mass is 9.74. The van der Waals surface area contributed by atoms with E-state index >= 15 is 0 Å². The smallest absolute Gasteiger partial charge is 0.329 e. The Morgan fingerprint density at radius 3 is 2.16 bits per heavy atom. The average Bonchev–Trinajstić information content (AvgIpc) is 2.38. The molecule has 2 nitrogen and oxygen atoms in total. The molecule has 1 saturated carbocycles. The first-order valence-corrected chi connectivity index (χ1v) is 7.38. The van der Waals surface area contributed by atoms with Gasteiger partial charge in [0.05, 0.1) is 6.42 Å². The highest BCUT2D eigenvalue weighted by Crippen LogP contribution is 2.37. The third-order valence-electron chi connectivity index (χ3n) is 4.71. The summed E-state index contributed by atoms with van der Waals surface area (Å²) in [4.78, 5) is 1.96. The topological polar surface area (TPSA) is 29.3 Å². The van der Waals surface area contributed by atoms with Gasteiger partial charge in [-0.15, -0.1) is 0 Å². The minimum atomic E-state index is -4.08. The van der Waals surface area contributed by atoms with Crippen LogP contribution in [0.2, 0.25) is 0 Å². The summed E-state index contributed by atoms with van der Waals surface area (Å²) in [5, 5.41) is 0. The number of hydrogen-bond donors (Lipinski definition) is 1. The molecule has 0 bridgehead atoms. The Labute approximate surface area is 114 Å². The summed E-state index contributed by atoms with van der Waals surface area (Å²) in [5.41, 5.74) is 5.72. The summed E-state index contributed by atoms with van der Waals surface area (Å²) in [5.74, 6) is 0.723. The van der Waals surface area contributed by atoms with Gasteiger partial charge in [-0.1, -0.05) is 20.3 Å². The first-order chi connectivity index (χ1) is 8.87. The van der Waals surface area contributed by atoms with Crippen LogP contribution in [0.3, 0.4) is 0 Å². The van der Waals surface area contributed by atoms with E-state index in [-0.39, 0.29) is 12.1 Å². The number of rotatable bonds is 6. The molecule has 1 rings (SSSR count). The van der Waals surface area contributed by atoms with Crippen molar-refractivity contribution in [3.8, 4) is 0 Å². The second-order valence-electron chi connectivity index (χ2n) is 5.72. The quantitative estimate of drug-likeness (QED) is 0.806. The molecular weight excluding hydrogens is 253 g/mol. The fourth-order valence-electron chi connectivity index (χ4n) is 3.27. The standard InChI is InChI=1S/C14H27F3N2/c1-3-12-5-7-13(11-18,8-6-12)19(4-2)10-9-14(15,16)17/h12H,3-11,18H2,1-2H3. The van der Waals surface area contributed by atoms with Crippen LogP contribution in [0.1, 0.15) is 52.4 Å². The predicted octanol–water partition coefficient (Wildman–Crippen LogP) is 3.56. The molecule has 0 atom stereocenters. The second kappa shape index (κ2) is 6.93. The summed E-state index contributed by atoms with van der Waals surface area (Å²) in [6.07, 6.45) is 0.410. The summed E-state index contributed by atoms with van der Waals surface area (Å²) in [7, 11) is 0. The highest BCUT2D eigenvalue weighted by molar-refractivity contribution is 4.95. The molecule has 0 unspecified atom stereocenters. The van der Waals surface area contributed by atoms with Crippen molar-refractivity contribution in [3.63, 3.8) is 0 Å². The van der Waals surface area contributed by atoms with Crippen LogP contribution < -0.4 is 5.73 Å². The third-order valence-corrected chi connectivity index (χ3v) is 4.71. The van der Waals surface area contributed by atoms with Crippen molar-refractivity contribution in [2.24, 2.45) is 11.7 Å². The zero-order chi connectivity index (χ0) is 14.5. The van der Waals surface area contributed by atoms with Gasteiger partial charge < -0.3 is 5.73 Å². The van der Waals surface area contributed by atoms with E-state index in [1.54, 1.807) is 0 Å². The third kappa shape index (κ3) is 4.63. The Hall–Kier alpha value is -0.290. The van der Waals surface area contributed by atoms with Crippen LogP contribution in [0.15, 0.2) is 0 Å². The van der Waals surface area contributed by atoms with E-state index in [0.717, 1.165) is 38.0 Å². The predicted molar refractivity (Wildman–Crippen MR) is 72.0 cm³/mol. The van der Waals surface area contributed by atoms with Crippen molar-refractivity contribution in [1.29, 1.82) is 0 Å². The monoisotopic (exact) mass is 280 g/mol. The molecule has 19 heavy (non-hydrogen) atoms. The highest BCUT2D eigenvalue weighted by atomic mass is 19.4. The Balaban J connectivity index is 2.65. The zero-order valence-corrected chi connectivity index (χ0v) is 12.1.